The van der Waals surface area contributed by atoms with Crippen LogP contribution in [0.1, 0.15) is 13.3 Å². The van der Waals surface area contributed by atoms with E-state index in [-0.39, 0.29) is 5.41 Å². The molecule has 0 aromatic heterocycles. The molecule has 96 valence electrons. The van der Waals surface area contributed by atoms with Crippen molar-refractivity contribution in [3.05, 3.63) is 0 Å². The fourth-order valence-corrected chi connectivity index (χ4v) is 2.83. The first-order chi connectivity index (χ1) is 7.43. The summed E-state index contributed by atoms with van der Waals surface area (Å²) < 4.78 is 32.8. The maximum absolute atomic E-state index is 11.6. The molecule has 0 amide bonds. The maximum Gasteiger partial charge on any atom is 0.327 e. The van der Waals surface area contributed by atoms with Crippen LogP contribution in [-0.2, 0) is 22.7 Å². The van der Waals surface area contributed by atoms with Gasteiger partial charge < -0.3 is 18.1 Å². The van der Waals surface area contributed by atoms with Crippen LogP contribution >= 0.6 is 16.0 Å². The number of hydrogen-bond acceptors (Lipinski definition) is 5. The molecule has 1 unspecified atom stereocenters. The molecule has 1 aliphatic heterocycles. The summed E-state index contributed by atoms with van der Waals surface area (Å²) in [5.41, 5.74) is -0.195. The summed E-state index contributed by atoms with van der Waals surface area (Å²) in [5.74, 6) is 0. The molecule has 5 nitrogen and oxygen atoms in total. The van der Waals surface area contributed by atoms with Gasteiger partial charge in [-0.3, -0.25) is 4.57 Å². The lowest BCUT2D eigenvalue weighted by Gasteiger charge is -2.37. The highest BCUT2D eigenvalue weighted by molar-refractivity contribution is 7.52. The van der Waals surface area contributed by atoms with E-state index in [1.807, 2.05) is 13.6 Å². The zero-order valence-electron chi connectivity index (χ0n) is 10.3. The Morgan fingerprint density at radius 2 is 2.00 bits per heavy atom. The Labute approximate surface area is 98.2 Å². The zero-order valence-corrected chi connectivity index (χ0v) is 12.1. The van der Waals surface area contributed by atoms with Crippen molar-refractivity contribution < 1.29 is 22.7 Å². The molecule has 0 N–H and O–H groups in total. The van der Waals surface area contributed by atoms with E-state index < -0.39 is 16.0 Å². The third-order valence-corrected chi connectivity index (χ3v) is 5.04. The molecule has 1 atom stereocenters. The Kier molecular flexibility index (Phi) is 5.37. The molecule has 1 fully saturated rings. The first kappa shape index (κ1) is 14.6. The number of rotatable bonds is 5. The minimum Gasteiger partial charge on any atom is -0.333 e. The lowest BCUT2D eigenvalue weighted by molar-refractivity contribution is -0.00515. The van der Waals surface area contributed by atoms with Gasteiger partial charge in [-0.2, -0.15) is 0 Å². The molecule has 1 rings (SSSR count). The Balaban J connectivity index is 2.51. The normalized spacial score (nSPS) is 34.6. The van der Waals surface area contributed by atoms with Crippen molar-refractivity contribution >= 4 is 16.0 Å². The predicted octanol–water partition coefficient (Wildman–Crippen LogP) is 2.86. The molecule has 0 aromatic rings. The molecular formula is C9H20O5P2. The maximum atomic E-state index is 11.6. The minimum absolute atomic E-state index is 0.195. The van der Waals surface area contributed by atoms with Crippen LogP contribution in [0, 0.1) is 5.41 Å². The fraction of sp³-hybridized carbons (Fsp3) is 1.00. The summed E-state index contributed by atoms with van der Waals surface area (Å²) in [6.07, 6.45) is 0.861. The van der Waals surface area contributed by atoms with Crippen LogP contribution < -0.4 is 0 Å². The van der Waals surface area contributed by atoms with Crippen LogP contribution in [0.25, 0.3) is 0 Å². The average Bonchev–Trinajstić information content (AvgIpc) is 2.29. The van der Waals surface area contributed by atoms with Crippen LogP contribution in [0.15, 0.2) is 0 Å². The third kappa shape index (κ3) is 4.06. The lowest BCUT2D eigenvalue weighted by atomic mass is 9.88. The van der Waals surface area contributed by atoms with Crippen molar-refractivity contribution in [2.45, 2.75) is 13.3 Å². The summed E-state index contributed by atoms with van der Waals surface area (Å²) >= 11 is 0. The monoisotopic (exact) mass is 270 g/mol. The average molecular weight is 270 g/mol. The van der Waals surface area contributed by atoms with Gasteiger partial charge in [-0.15, -0.1) is 0 Å². The molecule has 0 radical (unpaired) electrons. The second-order valence-corrected chi connectivity index (χ2v) is 7.63. The van der Waals surface area contributed by atoms with Gasteiger partial charge in [0.25, 0.3) is 0 Å². The van der Waals surface area contributed by atoms with E-state index in [1.54, 1.807) is 0 Å². The molecule has 0 saturated carbocycles. The van der Waals surface area contributed by atoms with Crippen LogP contribution in [0.2, 0.25) is 0 Å². The van der Waals surface area contributed by atoms with Crippen molar-refractivity contribution in [3.63, 3.8) is 0 Å². The van der Waals surface area contributed by atoms with Gasteiger partial charge in [-0.05, 0) is 6.42 Å². The van der Waals surface area contributed by atoms with Crippen molar-refractivity contribution in [2.75, 3.05) is 40.3 Å². The van der Waals surface area contributed by atoms with Crippen molar-refractivity contribution in [3.8, 4) is 0 Å². The van der Waals surface area contributed by atoms with Gasteiger partial charge in [0.05, 0.1) is 19.8 Å². The van der Waals surface area contributed by atoms with Crippen molar-refractivity contribution in [2.24, 2.45) is 5.41 Å². The SMILES string of the molecule is CCC1(COP(C)(=O)OC)COP(C)OC1. The Morgan fingerprint density at radius 3 is 2.44 bits per heavy atom. The molecule has 7 heteroatoms. The third-order valence-electron chi connectivity index (χ3n) is 2.79. The van der Waals surface area contributed by atoms with E-state index in [9.17, 15) is 4.57 Å². The van der Waals surface area contributed by atoms with E-state index in [2.05, 4.69) is 0 Å². The molecule has 0 aromatic carbocycles. The summed E-state index contributed by atoms with van der Waals surface area (Å²) in [5, 5.41) is 0. The standard InChI is InChI=1S/C9H20O5P2/c1-5-9(6-12-15(3)13-7-9)8-14-16(4,10)11-2/h5-8H2,1-4H3. The molecule has 1 aliphatic rings. The van der Waals surface area contributed by atoms with Crippen molar-refractivity contribution in [1.82, 2.24) is 0 Å². The van der Waals surface area contributed by atoms with Gasteiger partial charge >= 0.3 is 7.60 Å². The highest BCUT2D eigenvalue weighted by Crippen LogP contribution is 2.48. The summed E-state index contributed by atoms with van der Waals surface area (Å²) in [7, 11) is -2.28. The van der Waals surface area contributed by atoms with Crippen molar-refractivity contribution in [1.29, 1.82) is 0 Å². The number of hydrogen-bond donors (Lipinski definition) is 0. The van der Waals surface area contributed by atoms with E-state index in [4.69, 9.17) is 18.1 Å². The zero-order chi connectivity index (χ0) is 12.2. The molecule has 0 aliphatic carbocycles. The van der Waals surface area contributed by atoms with Crippen LogP contribution in [0.4, 0.5) is 0 Å². The van der Waals surface area contributed by atoms with Gasteiger partial charge in [-0.1, -0.05) is 6.92 Å². The van der Waals surface area contributed by atoms with Crippen LogP contribution in [-0.4, -0.2) is 40.3 Å². The Bertz CT molecular complexity index is 263. The highest BCUT2D eigenvalue weighted by Gasteiger charge is 2.36. The largest absolute Gasteiger partial charge is 0.333 e. The van der Waals surface area contributed by atoms with Gasteiger partial charge in [0, 0.05) is 25.9 Å². The fourth-order valence-electron chi connectivity index (χ4n) is 1.23. The quantitative estimate of drug-likeness (QED) is 0.719. The second-order valence-electron chi connectivity index (χ2n) is 4.07. The minimum atomic E-state index is -2.92. The van der Waals surface area contributed by atoms with Gasteiger partial charge in [0.15, 0.2) is 8.38 Å². The predicted molar refractivity (Wildman–Crippen MR) is 64.0 cm³/mol. The Hall–Kier alpha value is 0.500. The first-order valence-corrected chi connectivity index (χ1v) is 8.82. The first-order valence-electron chi connectivity index (χ1n) is 5.20. The molecule has 16 heavy (non-hydrogen) atoms. The summed E-state index contributed by atoms with van der Waals surface area (Å²) in [4.78, 5) is 0. The van der Waals surface area contributed by atoms with E-state index in [0.29, 0.717) is 19.8 Å². The lowest BCUT2D eigenvalue weighted by Crippen LogP contribution is -2.38. The Morgan fingerprint density at radius 1 is 1.44 bits per heavy atom. The van der Waals surface area contributed by atoms with E-state index >= 15 is 0 Å². The second kappa shape index (κ2) is 5.90. The van der Waals surface area contributed by atoms with E-state index in [1.165, 1.54) is 13.8 Å². The molecule has 1 saturated heterocycles. The smallest absolute Gasteiger partial charge is 0.327 e. The topological polar surface area (TPSA) is 54.0 Å². The van der Waals surface area contributed by atoms with Gasteiger partial charge in [0.2, 0.25) is 0 Å². The van der Waals surface area contributed by atoms with Gasteiger partial charge in [-0.25, -0.2) is 0 Å². The van der Waals surface area contributed by atoms with Gasteiger partial charge in [0.1, 0.15) is 0 Å². The van der Waals surface area contributed by atoms with Crippen LogP contribution in [0.3, 0.4) is 0 Å². The summed E-state index contributed by atoms with van der Waals surface area (Å²) in [6, 6.07) is 0. The summed E-state index contributed by atoms with van der Waals surface area (Å²) in [6.45, 7) is 6.97. The molecule has 1 heterocycles. The van der Waals surface area contributed by atoms with E-state index in [0.717, 1.165) is 6.42 Å². The molecule has 0 bridgehead atoms. The highest BCUT2D eigenvalue weighted by atomic mass is 31.2. The molecule has 0 spiro atoms. The van der Waals surface area contributed by atoms with Crippen LogP contribution in [0.5, 0.6) is 0 Å². The molecular weight excluding hydrogens is 250 g/mol.